The standard InChI is InChI=1S/C11H15N3O2/c1-14(2)11-13-8-5-7(9(15)6-12)3-4-10(8)16-11/h3-5,9,15H,6,12H2,1-2H3. The van der Waals surface area contributed by atoms with E-state index in [9.17, 15) is 5.11 Å². The number of aliphatic hydroxyl groups is 1. The number of aliphatic hydroxyl groups excluding tert-OH is 1. The molecule has 0 aliphatic heterocycles. The quantitative estimate of drug-likeness (QED) is 0.804. The molecule has 1 heterocycles. The average molecular weight is 221 g/mol. The third-order valence-corrected chi connectivity index (χ3v) is 2.39. The van der Waals surface area contributed by atoms with Crippen molar-refractivity contribution < 1.29 is 9.52 Å². The van der Waals surface area contributed by atoms with E-state index in [1.54, 1.807) is 23.1 Å². The first-order valence-corrected chi connectivity index (χ1v) is 5.07. The second-order valence-electron chi connectivity index (χ2n) is 3.87. The van der Waals surface area contributed by atoms with E-state index in [2.05, 4.69) is 4.98 Å². The second-order valence-corrected chi connectivity index (χ2v) is 3.87. The Morgan fingerprint density at radius 2 is 2.25 bits per heavy atom. The van der Waals surface area contributed by atoms with Gasteiger partial charge in [0, 0.05) is 20.6 Å². The highest BCUT2D eigenvalue weighted by Crippen LogP contribution is 2.23. The molecule has 16 heavy (non-hydrogen) atoms. The molecule has 2 aromatic rings. The predicted octanol–water partition coefficient (Wildman–Crippen LogP) is 0.886. The van der Waals surface area contributed by atoms with Gasteiger partial charge in [-0.3, -0.25) is 0 Å². The summed E-state index contributed by atoms with van der Waals surface area (Å²) in [6.45, 7) is 0.198. The van der Waals surface area contributed by atoms with Crippen LogP contribution in [-0.4, -0.2) is 30.7 Å². The van der Waals surface area contributed by atoms with Crippen LogP contribution >= 0.6 is 0 Å². The summed E-state index contributed by atoms with van der Waals surface area (Å²) >= 11 is 0. The van der Waals surface area contributed by atoms with Gasteiger partial charge in [0.05, 0.1) is 6.10 Å². The van der Waals surface area contributed by atoms with E-state index >= 15 is 0 Å². The largest absolute Gasteiger partial charge is 0.423 e. The smallest absolute Gasteiger partial charge is 0.297 e. The zero-order valence-electron chi connectivity index (χ0n) is 9.34. The highest BCUT2D eigenvalue weighted by molar-refractivity contribution is 5.75. The van der Waals surface area contributed by atoms with Crippen LogP contribution in [0.5, 0.6) is 0 Å². The Kier molecular flexibility index (Phi) is 2.80. The number of rotatable bonds is 3. The van der Waals surface area contributed by atoms with Crippen molar-refractivity contribution in [2.45, 2.75) is 6.10 Å². The summed E-state index contributed by atoms with van der Waals surface area (Å²) < 4.78 is 5.50. The van der Waals surface area contributed by atoms with Gasteiger partial charge in [0.1, 0.15) is 5.52 Å². The fraction of sp³-hybridized carbons (Fsp3) is 0.364. The minimum absolute atomic E-state index is 0.198. The van der Waals surface area contributed by atoms with Crippen molar-refractivity contribution in [2.75, 3.05) is 25.5 Å². The molecule has 0 bridgehead atoms. The molecule has 1 unspecified atom stereocenters. The van der Waals surface area contributed by atoms with E-state index in [0.29, 0.717) is 11.6 Å². The van der Waals surface area contributed by atoms with Gasteiger partial charge >= 0.3 is 0 Å². The molecule has 3 N–H and O–H groups in total. The van der Waals surface area contributed by atoms with Crippen LogP contribution in [0.4, 0.5) is 6.01 Å². The SMILES string of the molecule is CN(C)c1nc2cc(C(O)CN)ccc2o1. The Bertz CT molecular complexity index is 493. The molecule has 2 rings (SSSR count). The number of hydrogen-bond acceptors (Lipinski definition) is 5. The molecule has 0 spiro atoms. The molecule has 86 valence electrons. The lowest BCUT2D eigenvalue weighted by molar-refractivity contribution is 0.187. The summed E-state index contributed by atoms with van der Waals surface area (Å²) in [7, 11) is 3.72. The van der Waals surface area contributed by atoms with Gasteiger partial charge in [-0.25, -0.2) is 0 Å². The molecule has 0 saturated carbocycles. The van der Waals surface area contributed by atoms with Crippen molar-refractivity contribution >= 4 is 17.1 Å². The lowest BCUT2D eigenvalue weighted by atomic mass is 10.1. The maximum atomic E-state index is 9.61. The van der Waals surface area contributed by atoms with Crippen molar-refractivity contribution in [1.82, 2.24) is 4.98 Å². The molecule has 5 nitrogen and oxygen atoms in total. The summed E-state index contributed by atoms with van der Waals surface area (Å²) in [5, 5.41) is 9.61. The van der Waals surface area contributed by atoms with Crippen molar-refractivity contribution in [3.05, 3.63) is 23.8 Å². The monoisotopic (exact) mass is 221 g/mol. The van der Waals surface area contributed by atoms with Crippen LogP contribution in [0.15, 0.2) is 22.6 Å². The molecule has 1 aromatic carbocycles. The summed E-state index contributed by atoms with van der Waals surface area (Å²) in [5.41, 5.74) is 7.59. The molecule has 0 radical (unpaired) electrons. The van der Waals surface area contributed by atoms with Gasteiger partial charge in [-0.05, 0) is 17.7 Å². The van der Waals surface area contributed by atoms with Gasteiger partial charge in [-0.2, -0.15) is 4.98 Å². The van der Waals surface area contributed by atoms with E-state index in [1.807, 2.05) is 14.1 Å². The van der Waals surface area contributed by atoms with Crippen LogP contribution in [0.3, 0.4) is 0 Å². The summed E-state index contributed by atoms with van der Waals surface area (Å²) in [4.78, 5) is 6.09. The van der Waals surface area contributed by atoms with Gasteiger partial charge in [-0.15, -0.1) is 0 Å². The Labute approximate surface area is 93.5 Å². The maximum absolute atomic E-state index is 9.61. The number of fused-ring (bicyclic) bond motifs is 1. The van der Waals surface area contributed by atoms with Crippen molar-refractivity contribution in [2.24, 2.45) is 5.73 Å². The zero-order chi connectivity index (χ0) is 11.7. The number of aromatic nitrogens is 1. The predicted molar refractivity (Wildman–Crippen MR) is 62.4 cm³/mol. The lowest BCUT2D eigenvalue weighted by Gasteiger charge is -2.06. The Balaban J connectivity index is 2.45. The molecule has 0 aliphatic carbocycles. The Hall–Kier alpha value is -1.59. The molecule has 0 amide bonds. The van der Waals surface area contributed by atoms with Crippen LogP contribution < -0.4 is 10.6 Å². The zero-order valence-corrected chi connectivity index (χ0v) is 9.34. The highest BCUT2D eigenvalue weighted by Gasteiger charge is 2.10. The fourth-order valence-electron chi connectivity index (χ4n) is 1.47. The maximum Gasteiger partial charge on any atom is 0.297 e. The van der Waals surface area contributed by atoms with Crippen LogP contribution in [0.25, 0.3) is 11.1 Å². The van der Waals surface area contributed by atoms with Crippen LogP contribution in [-0.2, 0) is 0 Å². The number of nitrogens with zero attached hydrogens (tertiary/aromatic N) is 2. The first-order chi connectivity index (χ1) is 7.61. The van der Waals surface area contributed by atoms with E-state index in [-0.39, 0.29) is 6.54 Å². The minimum atomic E-state index is -0.649. The third-order valence-electron chi connectivity index (χ3n) is 2.39. The Morgan fingerprint density at radius 3 is 2.88 bits per heavy atom. The first kappa shape index (κ1) is 10.9. The normalized spacial score (nSPS) is 13.0. The van der Waals surface area contributed by atoms with E-state index in [4.69, 9.17) is 10.2 Å². The van der Waals surface area contributed by atoms with Crippen molar-refractivity contribution in [3.8, 4) is 0 Å². The van der Waals surface area contributed by atoms with Gasteiger partial charge in [-0.1, -0.05) is 6.07 Å². The number of hydrogen-bond donors (Lipinski definition) is 2. The van der Waals surface area contributed by atoms with Gasteiger partial charge < -0.3 is 20.2 Å². The van der Waals surface area contributed by atoms with E-state index in [1.165, 1.54) is 0 Å². The first-order valence-electron chi connectivity index (χ1n) is 5.07. The number of nitrogens with two attached hydrogens (primary N) is 1. The molecule has 0 saturated heterocycles. The lowest BCUT2D eigenvalue weighted by Crippen LogP contribution is -2.11. The molecule has 1 aromatic heterocycles. The molecule has 1 atom stereocenters. The van der Waals surface area contributed by atoms with Gasteiger partial charge in [0.15, 0.2) is 5.58 Å². The Morgan fingerprint density at radius 1 is 1.50 bits per heavy atom. The van der Waals surface area contributed by atoms with Crippen LogP contribution in [0.1, 0.15) is 11.7 Å². The summed E-state index contributed by atoms with van der Waals surface area (Å²) in [6.07, 6.45) is -0.649. The van der Waals surface area contributed by atoms with Crippen molar-refractivity contribution in [3.63, 3.8) is 0 Å². The molecule has 5 heteroatoms. The van der Waals surface area contributed by atoms with E-state index in [0.717, 1.165) is 11.1 Å². The summed E-state index contributed by atoms with van der Waals surface area (Å²) in [6, 6.07) is 5.94. The van der Waals surface area contributed by atoms with Gasteiger partial charge in [0.2, 0.25) is 0 Å². The summed E-state index contributed by atoms with van der Waals surface area (Å²) in [5.74, 6) is 0. The highest BCUT2D eigenvalue weighted by atomic mass is 16.4. The van der Waals surface area contributed by atoms with Crippen molar-refractivity contribution in [1.29, 1.82) is 0 Å². The minimum Gasteiger partial charge on any atom is -0.423 e. The number of benzene rings is 1. The molecule has 0 fully saturated rings. The van der Waals surface area contributed by atoms with Crippen LogP contribution in [0.2, 0.25) is 0 Å². The van der Waals surface area contributed by atoms with Gasteiger partial charge in [0.25, 0.3) is 6.01 Å². The number of anilines is 1. The second kappa shape index (κ2) is 4.11. The van der Waals surface area contributed by atoms with Crippen LogP contribution in [0, 0.1) is 0 Å². The molecular formula is C11H15N3O2. The number of oxazole rings is 1. The fourth-order valence-corrected chi connectivity index (χ4v) is 1.47. The topological polar surface area (TPSA) is 75.5 Å². The molecular weight excluding hydrogens is 206 g/mol. The molecule has 0 aliphatic rings. The van der Waals surface area contributed by atoms with E-state index < -0.39 is 6.10 Å². The average Bonchev–Trinajstić information content (AvgIpc) is 2.70. The third kappa shape index (κ3) is 1.87.